The molecule has 5 nitrogen and oxygen atoms in total. The summed E-state index contributed by atoms with van der Waals surface area (Å²) in [5.74, 6) is 0.653. The number of anilines is 1. The van der Waals surface area contributed by atoms with Gasteiger partial charge in [-0.15, -0.1) is 11.3 Å². The maximum absolute atomic E-state index is 11.0. The number of aromatic amines is 1. The van der Waals surface area contributed by atoms with Gasteiger partial charge < -0.3 is 10.3 Å². The lowest BCUT2D eigenvalue weighted by atomic mass is 10.3. The Hall–Kier alpha value is -2.21. The molecule has 0 aliphatic rings. The molecule has 0 atom stereocenters. The summed E-state index contributed by atoms with van der Waals surface area (Å²) < 4.78 is 0. The first-order valence-corrected chi connectivity index (χ1v) is 6.32. The molecular weight excluding hydrogens is 248 g/mol. The Bertz CT molecular complexity index is 702. The number of nitrogens with zero attached hydrogens (tertiary/aromatic N) is 2. The predicted octanol–water partition coefficient (Wildman–Crippen LogP) is 2.64. The van der Waals surface area contributed by atoms with Crippen molar-refractivity contribution in [2.45, 2.75) is 6.92 Å². The summed E-state index contributed by atoms with van der Waals surface area (Å²) >= 11 is 1.53. The quantitative estimate of drug-likeness (QED) is 0.742. The van der Waals surface area contributed by atoms with Gasteiger partial charge in [0.2, 0.25) is 5.91 Å². The van der Waals surface area contributed by atoms with Gasteiger partial charge in [-0.25, -0.2) is 9.97 Å². The number of hydrogen-bond acceptors (Lipinski definition) is 4. The summed E-state index contributed by atoms with van der Waals surface area (Å²) in [6, 6.07) is 5.56. The number of nitrogens with one attached hydrogen (secondary N) is 2. The number of fused-ring (bicyclic) bond motifs is 1. The Balaban J connectivity index is 2.04. The minimum Gasteiger partial charge on any atom is -0.337 e. The number of thiazole rings is 1. The van der Waals surface area contributed by atoms with Crippen LogP contribution in [0, 0.1) is 0 Å². The first-order valence-electron chi connectivity index (χ1n) is 5.38. The van der Waals surface area contributed by atoms with Gasteiger partial charge in [-0.2, -0.15) is 0 Å². The van der Waals surface area contributed by atoms with Gasteiger partial charge in [0.25, 0.3) is 0 Å². The van der Waals surface area contributed by atoms with Crippen LogP contribution in [0.2, 0.25) is 0 Å². The fourth-order valence-corrected chi connectivity index (χ4v) is 2.28. The van der Waals surface area contributed by atoms with Gasteiger partial charge in [0.1, 0.15) is 5.69 Å². The van der Waals surface area contributed by atoms with Gasteiger partial charge in [-0.1, -0.05) is 0 Å². The maximum Gasteiger partial charge on any atom is 0.221 e. The number of aromatic nitrogens is 3. The molecule has 90 valence electrons. The van der Waals surface area contributed by atoms with Gasteiger partial charge >= 0.3 is 0 Å². The van der Waals surface area contributed by atoms with Crippen molar-refractivity contribution >= 4 is 34.0 Å². The van der Waals surface area contributed by atoms with E-state index in [9.17, 15) is 4.79 Å². The molecule has 6 heteroatoms. The van der Waals surface area contributed by atoms with E-state index in [0.717, 1.165) is 28.2 Å². The molecule has 18 heavy (non-hydrogen) atoms. The smallest absolute Gasteiger partial charge is 0.221 e. The van der Waals surface area contributed by atoms with E-state index in [0.29, 0.717) is 0 Å². The van der Waals surface area contributed by atoms with E-state index in [2.05, 4.69) is 20.3 Å². The molecule has 0 saturated carbocycles. The second-order valence-corrected chi connectivity index (χ2v) is 4.59. The molecular formula is C12H10N4OS. The van der Waals surface area contributed by atoms with Crippen molar-refractivity contribution in [2.75, 3.05) is 5.32 Å². The second kappa shape index (κ2) is 4.23. The number of benzene rings is 1. The summed E-state index contributed by atoms with van der Waals surface area (Å²) in [7, 11) is 0. The highest BCUT2D eigenvalue weighted by Gasteiger charge is 2.07. The zero-order chi connectivity index (χ0) is 12.5. The van der Waals surface area contributed by atoms with Gasteiger partial charge in [0, 0.05) is 18.0 Å². The minimum atomic E-state index is -0.0893. The monoisotopic (exact) mass is 258 g/mol. The predicted molar refractivity (Wildman–Crippen MR) is 71.5 cm³/mol. The standard InChI is InChI=1S/C12H10N4OS/c1-7(17)14-8-2-3-9-10(4-8)16-12(15-9)11-5-18-6-13-11/h2-6H,1H3,(H,14,17)(H,15,16). The lowest BCUT2D eigenvalue weighted by Crippen LogP contribution is -2.05. The van der Waals surface area contributed by atoms with E-state index in [-0.39, 0.29) is 5.91 Å². The van der Waals surface area contributed by atoms with Crippen LogP contribution in [0.3, 0.4) is 0 Å². The number of H-pyrrole nitrogens is 1. The van der Waals surface area contributed by atoms with E-state index >= 15 is 0 Å². The number of imidazole rings is 1. The summed E-state index contributed by atoms with van der Waals surface area (Å²) in [5.41, 5.74) is 5.09. The van der Waals surface area contributed by atoms with Crippen LogP contribution in [-0.2, 0) is 4.79 Å². The number of amides is 1. The Morgan fingerprint density at radius 2 is 2.33 bits per heavy atom. The number of carbonyl (C=O) groups is 1. The van der Waals surface area contributed by atoms with Crippen molar-refractivity contribution in [1.82, 2.24) is 15.0 Å². The third-order valence-electron chi connectivity index (χ3n) is 2.48. The third-order valence-corrected chi connectivity index (χ3v) is 3.06. The average molecular weight is 258 g/mol. The molecule has 0 saturated heterocycles. The average Bonchev–Trinajstić information content (AvgIpc) is 2.95. The van der Waals surface area contributed by atoms with Crippen LogP contribution < -0.4 is 5.32 Å². The van der Waals surface area contributed by atoms with E-state index < -0.39 is 0 Å². The van der Waals surface area contributed by atoms with E-state index in [1.807, 2.05) is 23.6 Å². The van der Waals surface area contributed by atoms with Crippen LogP contribution in [0.15, 0.2) is 29.1 Å². The van der Waals surface area contributed by atoms with Gasteiger partial charge in [-0.05, 0) is 18.2 Å². The molecule has 0 unspecified atom stereocenters. The zero-order valence-electron chi connectivity index (χ0n) is 9.60. The highest BCUT2D eigenvalue weighted by atomic mass is 32.1. The first-order chi connectivity index (χ1) is 8.72. The fraction of sp³-hybridized carbons (Fsp3) is 0.0833. The molecule has 3 aromatic rings. The topological polar surface area (TPSA) is 70.7 Å². The van der Waals surface area contributed by atoms with E-state index in [1.54, 1.807) is 5.51 Å². The molecule has 0 bridgehead atoms. The van der Waals surface area contributed by atoms with Crippen molar-refractivity contribution < 1.29 is 4.79 Å². The van der Waals surface area contributed by atoms with E-state index in [4.69, 9.17) is 0 Å². The zero-order valence-corrected chi connectivity index (χ0v) is 10.4. The number of carbonyl (C=O) groups excluding carboxylic acids is 1. The van der Waals surface area contributed by atoms with Crippen LogP contribution in [0.25, 0.3) is 22.6 Å². The Labute approximate surface area is 107 Å². The van der Waals surface area contributed by atoms with Crippen molar-refractivity contribution in [3.8, 4) is 11.5 Å². The molecule has 1 aromatic carbocycles. The molecule has 2 aromatic heterocycles. The van der Waals surface area contributed by atoms with Crippen LogP contribution in [-0.4, -0.2) is 20.9 Å². The van der Waals surface area contributed by atoms with Crippen molar-refractivity contribution in [3.05, 3.63) is 29.1 Å². The normalized spacial score (nSPS) is 10.7. The molecule has 0 spiro atoms. The van der Waals surface area contributed by atoms with E-state index in [1.165, 1.54) is 18.3 Å². The van der Waals surface area contributed by atoms with Crippen LogP contribution >= 0.6 is 11.3 Å². The summed E-state index contributed by atoms with van der Waals surface area (Å²) in [6.45, 7) is 1.48. The summed E-state index contributed by atoms with van der Waals surface area (Å²) in [4.78, 5) is 22.8. The first kappa shape index (κ1) is 10.9. The van der Waals surface area contributed by atoms with Gasteiger partial charge in [0.05, 0.1) is 16.5 Å². The largest absolute Gasteiger partial charge is 0.337 e. The van der Waals surface area contributed by atoms with Crippen molar-refractivity contribution in [3.63, 3.8) is 0 Å². The molecule has 2 N–H and O–H groups in total. The van der Waals surface area contributed by atoms with Crippen molar-refractivity contribution in [2.24, 2.45) is 0 Å². The minimum absolute atomic E-state index is 0.0893. The number of hydrogen-bond donors (Lipinski definition) is 2. The highest BCUT2D eigenvalue weighted by molar-refractivity contribution is 7.07. The lowest BCUT2D eigenvalue weighted by Gasteiger charge is -2.00. The molecule has 2 heterocycles. The second-order valence-electron chi connectivity index (χ2n) is 3.87. The molecule has 1 amide bonds. The fourth-order valence-electron chi connectivity index (χ4n) is 1.74. The SMILES string of the molecule is CC(=O)Nc1ccc2nc(-c3cscn3)[nH]c2c1. The van der Waals surface area contributed by atoms with Gasteiger partial charge in [0.15, 0.2) is 5.82 Å². The Morgan fingerprint density at radius 3 is 3.06 bits per heavy atom. The highest BCUT2D eigenvalue weighted by Crippen LogP contribution is 2.22. The molecule has 0 aliphatic carbocycles. The Kier molecular flexibility index (Phi) is 2.56. The number of rotatable bonds is 2. The van der Waals surface area contributed by atoms with Crippen LogP contribution in [0.4, 0.5) is 5.69 Å². The van der Waals surface area contributed by atoms with Crippen LogP contribution in [0.1, 0.15) is 6.92 Å². The lowest BCUT2D eigenvalue weighted by molar-refractivity contribution is -0.114. The molecule has 3 rings (SSSR count). The van der Waals surface area contributed by atoms with Crippen molar-refractivity contribution in [1.29, 1.82) is 0 Å². The molecule has 0 fully saturated rings. The molecule has 0 radical (unpaired) electrons. The van der Waals surface area contributed by atoms with Crippen LogP contribution in [0.5, 0.6) is 0 Å². The molecule has 0 aliphatic heterocycles. The summed E-state index contributed by atoms with van der Waals surface area (Å²) in [5, 5.41) is 4.68. The summed E-state index contributed by atoms with van der Waals surface area (Å²) in [6.07, 6.45) is 0. The maximum atomic E-state index is 11.0. The third kappa shape index (κ3) is 1.98. The van der Waals surface area contributed by atoms with Gasteiger partial charge in [-0.3, -0.25) is 4.79 Å². The Morgan fingerprint density at radius 1 is 1.44 bits per heavy atom.